The Hall–Kier alpha value is -4.27. The first-order valence-corrected chi connectivity index (χ1v) is 10.5. The van der Waals surface area contributed by atoms with Crippen LogP contribution in [0.1, 0.15) is 17.5 Å². The lowest BCUT2D eigenvalue weighted by atomic mass is 10.1. The minimum atomic E-state index is -4.84. The highest BCUT2D eigenvalue weighted by Crippen LogP contribution is 2.43. The molecule has 0 N–H and O–H groups in total. The van der Waals surface area contributed by atoms with E-state index in [0.717, 1.165) is 12.1 Å². The highest BCUT2D eigenvalue weighted by Gasteiger charge is 2.63. The number of alkyl halides is 3. The number of nitrogens with zero attached hydrogens (tertiary/aromatic N) is 4. The molecule has 2 aromatic rings. The number of fused-ring (bicyclic) bond motifs is 5. The fourth-order valence-electron chi connectivity index (χ4n) is 4.91. The van der Waals surface area contributed by atoms with Crippen molar-refractivity contribution >= 4 is 23.7 Å². The number of imide groups is 1. The third kappa shape index (κ3) is 3.51. The summed E-state index contributed by atoms with van der Waals surface area (Å²) in [6.45, 7) is 0.129. The molecule has 35 heavy (non-hydrogen) atoms. The summed E-state index contributed by atoms with van der Waals surface area (Å²) in [5.74, 6) is 0.109. The molecule has 0 saturated carbocycles. The fourth-order valence-corrected chi connectivity index (χ4v) is 4.91. The summed E-state index contributed by atoms with van der Waals surface area (Å²) < 4.78 is 50.7. The molecule has 0 aromatic heterocycles. The maximum Gasteiger partial charge on any atom is 0.417 e. The van der Waals surface area contributed by atoms with E-state index in [1.165, 1.54) is 23.0 Å². The lowest BCUT2D eigenvalue weighted by Crippen LogP contribution is -2.55. The van der Waals surface area contributed by atoms with Gasteiger partial charge in [-0.3, -0.25) is 4.79 Å². The van der Waals surface area contributed by atoms with E-state index >= 15 is 0 Å². The number of methoxy groups -OCH3 is 1. The number of piperazine rings is 1. The van der Waals surface area contributed by atoms with Crippen LogP contribution in [0.2, 0.25) is 0 Å². The Balaban J connectivity index is 1.38. The van der Waals surface area contributed by atoms with Crippen LogP contribution in [0.5, 0.6) is 11.5 Å². The van der Waals surface area contributed by atoms with Gasteiger partial charge in [-0.15, -0.1) is 0 Å². The van der Waals surface area contributed by atoms with Gasteiger partial charge in [0.15, 0.2) is 0 Å². The minimum absolute atomic E-state index is 0.129. The van der Waals surface area contributed by atoms with E-state index in [0.29, 0.717) is 23.1 Å². The summed E-state index contributed by atoms with van der Waals surface area (Å²) in [5, 5.41) is 9.00. The zero-order valence-electron chi connectivity index (χ0n) is 18.2. The van der Waals surface area contributed by atoms with Gasteiger partial charge in [0, 0.05) is 6.54 Å². The van der Waals surface area contributed by atoms with E-state index in [1.54, 1.807) is 24.3 Å². The number of nitriles is 1. The van der Waals surface area contributed by atoms with Gasteiger partial charge in [-0.1, -0.05) is 0 Å². The minimum Gasteiger partial charge on any atom is -0.497 e. The molecule has 3 aliphatic rings. The second kappa shape index (κ2) is 7.90. The zero-order valence-corrected chi connectivity index (χ0v) is 18.2. The Morgan fingerprint density at radius 1 is 1.11 bits per heavy atom. The first-order chi connectivity index (χ1) is 16.6. The van der Waals surface area contributed by atoms with Crippen molar-refractivity contribution in [2.45, 2.75) is 30.7 Å². The van der Waals surface area contributed by atoms with Crippen molar-refractivity contribution in [3.05, 3.63) is 53.6 Å². The van der Waals surface area contributed by atoms with Crippen molar-refractivity contribution in [3.63, 3.8) is 0 Å². The summed E-state index contributed by atoms with van der Waals surface area (Å²) in [6, 6.07) is 7.53. The van der Waals surface area contributed by atoms with Crippen LogP contribution in [0.3, 0.4) is 0 Å². The number of carbonyl (C=O) groups is 3. The molecule has 5 rings (SSSR count). The molecule has 2 aromatic carbocycles. The van der Waals surface area contributed by atoms with Gasteiger partial charge in [0.1, 0.15) is 17.5 Å². The Morgan fingerprint density at radius 3 is 2.43 bits per heavy atom. The van der Waals surface area contributed by atoms with E-state index in [1.807, 2.05) is 0 Å². The van der Waals surface area contributed by atoms with Crippen molar-refractivity contribution in [2.75, 3.05) is 18.6 Å². The molecule has 0 aliphatic carbocycles. The fraction of sp³-hybridized carbons (Fsp3) is 0.304. The van der Waals surface area contributed by atoms with Crippen LogP contribution in [0.15, 0.2) is 42.5 Å². The number of ether oxygens (including phenoxy) is 2. The summed E-state index contributed by atoms with van der Waals surface area (Å²) in [5.41, 5.74) is -2.14. The van der Waals surface area contributed by atoms with Crippen LogP contribution in [-0.4, -0.2) is 59.6 Å². The number of amides is 4. The van der Waals surface area contributed by atoms with Gasteiger partial charge >= 0.3 is 18.3 Å². The summed E-state index contributed by atoms with van der Waals surface area (Å²) in [4.78, 5) is 42.5. The monoisotopic (exact) mass is 486 g/mol. The SMILES string of the molecule is COc1ccc(OC(=O)N2CC3CC2[C@H]2C(=O)N(c4ccc(C#N)c(C(F)(F)F)c4)C(=O)N32)cc1. The molecule has 2 bridgehead atoms. The lowest BCUT2D eigenvalue weighted by molar-refractivity contribution is -0.137. The van der Waals surface area contributed by atoms with Crippen molar-refractivity contribution in [2.24, 2.45) is 0 Å². The number of urea groups is 1. The molecule has 3 heterocycles. The number of likely N-dealkylation sites (tertiary alicyclic amines) is 1. The topological polar surface area (TPSA) is 103 Å². The average Bonchev–Trinajstić information content (AvgIpc) is 3.50. The van der Waals surface area contributed by atoms with Gasteiger partial charge in [-0.25, -0.2) is 14.5 Å². The molecule has 9 nitrogen and oxygen atoms in total. The van der Waals surface area contributed by atoms with Crippen LogP contribution in [0.4, 0.5) is 28.4 Å². The molecule has 12 heteroatoms. The number of hydrogen-bond acceptors (Lipinski definition) is 6. The molecule has 2 unspecified atom stereocenters. The quantitative estimate of drug-likeness (QED) is 0.617. The van der Waals surface area contributed by atoms with Crippen molar-refractivity contribution in [3.8, 4) is 17.6 Å². The standard InChI is InChI=1S/C23H17F3N4O5/c1-34-15-4-6-16(7-5-15)35-22(33)28-11-14-9-18(28)19-20(31)30(21(32)29(14)19)13-3-2-12(10-27)17(8-13)23(24,25)26/h2-8,14,18-19H,9,11H2,1H3/t14?,18?,19-/m0/s1. The van der Waals surface area contributed by atoms with Crippen LogP contribution >= 0.6 is 0 Å². The van der Waals surface area contributed by atoms with Gasteiger partial charge in [0.25, 0.3) is 5.91 Å². The van der Waals surface area contributed by atoms with Crippen LogP contribution < -0.4 is 14.4 Å². The molecule has 3 aliphatic heterocycles. The Labute approximate surface area is 196 Å². The number of rotatable bonds is 3. The normalized spacial score (nSPS) is 22.9. The van der Waals surface area contributed by atoms with Crippen LogP contribution in [0, 0.1) is 11.3 Å². The second-order valence-corrected chi connectivity index (χ2v) is 8.30. The highest BCUT2D eigenvalue weighted by molar-refractivity contribution is 6.22. The Morgan fingerprint density at radius 2 is 1.80 bits per heavy atom. The molecular weight excluding hydrogens is 469 g/mol. The number of anilines is 1. The second-order valence-electron chi connectivity index (χ2n) is 8.30. The van der Waals surface area contributed by atoms with Gasteiger partial charge < -0.3 is 19.3 Å². The molecule has 4 amide bonds. The first kappa shape index (κ1) is 22.5. The summed E-state index contributed by atoms with van der Waals surface area (Å²) in [6.07, 6.45) is -5.18. The number of benzene rings is 2. The van der Waals surface area contributed by atoms with E-state index < -0.39 is 53.5 Å². The lowest BCUT2D eigenvalue weighted by Gasteiger charge is -2.34. The van der Waals surface area contributed by atoms with E-state index in [2.05, 4.69) is 0 Å². The van der Waals surface area contributed by atoms with E-state index in [4.69, 9.17) is 14.7 Å². The van der Waals surface area contributed by atoms with E-state index in [-0.39, 0.29) is 18.0 Å². The van der Waals surface area contributed by atoms with Gasteiger partial charge in [0.05, 0.1) is 42.1 Å². The zero-order chi connectivity index (χ0) is 25.1. The Bertz CT molecular complexity index is 1270. The number of carbonyl (C=O) groups excluding carboxylic acids is 3. The third-order valence-corrected chi connectivity index (χ3v) is 6.45. The molecule has 0 spiro atoms. The molecule has 180 valence electrons. The Kier molecular flexibility index (Phi) is 5.08. The largest absolute Gasteiger partial charge is 0.497 e. The smallest absolute Gasteiger partial charge is 0.417 e. The maximum atomic E-state index is 13.4. The van der Waals surface area contributed by atoms with Crippen LogP contribution in [-0.2, 0) is 11.0 Å². The van der Waals surface area contributed by atoms with Gasteiger partial charge in [-0.2, -0.15) is 18.4 Å². The number of hydrogen-bond donors (Lipinski definition) is 0. The maximum absolute atomic E-state index is 13.4. The molecule has 3 fully saturated rings. The van der Waals surface area contributed by atoms with Crippen molar-refractivity contribution < 1.29 is 37.0 Å². The summed E-state index contributed by atoms with van der Waals surface area (Å²) in [7, 11) is 1.50. The first-order valence-electron chi connectivity index (χ1n) is 10.5. The third-order valence-electron chi connectivity index (χ3n) is 6.45. The van der Waals surface area contributed by atoms with Crippen molar-refractivity contribution in [1.29, 1.82) is 5.26 Å². The van der Waals surface area contributed by atoms with Gasteiger partial charge in [0.2, 0.25) is 0 Å². The van der Waals surface area contributed by atoms with E-state index in [9.17, 15) is 27.6 Å². The molecule has 3 atom stereocenters. The molecule has 0 radical (unpaired) electrons. The highest BCUT2D eigenvalue weighted by atomic mass is 19.4. The molecule has 3 saturated heterocycles. The van der Waals surface area contributed by atoms with Crippen LogP contribution in [0.25, 0.3) is 0 Å². The van der Waals surface area contributed by atoms with Crippen molar-refractivity contribution in [1.82, 2.24) is 9.80 Å². The molecular formula is C23H17F3N4O5. The van der Waals surface area contributed by atoms with Gasteiger partial charge in [-0.05, 0) is 48.9 Å². The predicted molar refractivity (Wildman–Crippen MR) is 113 cm³/mol. The number of halogens is 3. The summed E-state index contributed by atoms with van der Waals surface area (Å²) >= 11 is 0. The average molecular weight is 486 g/mol. The predicted octanol–water partition coefficient (Wildman–Crippen LogP) is 3.38.